The molecule has 0 aliphatic rings. The minimum Gasteiger partial charge on any atom is -0.437 e. The first-order valence-electron chi connectivity index (χ1n) is 11.6. The number of aromatic nitrogens is 1. The van der Waals surface area contributed by atoms with Crippen LogP contribution in [0, 0.1) is 5.82 Å². The Bertz CT molecular complexity index is 1510. The summed E-state index contributed by atoms with van der Waals surface area (Å²) in [4.78, 5) is 29.5. The number of carbonyl (C=O) groups excluding carboxylic acids is 2. The van der Waals surface area contributed by atoms with Crippen molar-refractivity contribution in [2.75, 3.05) is 13.6 Å². The van der Waals surface area contributed by atoms with Gasteiger partial charge >= 0.3 is 6.18 Å². The van der Waals surface area contributed by atoms with Crippen LogP contribution in [0.5, 0.6) is 0 Å². The van der Waals surface area contributed by atoms with Crippen LogP contribution in [0.15, 0.2) is 59.0 Å². The van der Waals surface area contributed by atoms with Gasteiger partial charge in [0.2, 0.25) is 5.71 Å². The molecule has 0 spiro atoms. The molecule has 6 nitrogen and oxygen atoms in total. The van der Waals surface area contributed by atoms with Gasteiger partial charge < -0.3 is 15.1 Å². The third-order valence-electron chi connectivity index (χ3n) is 5.82. The normalized spacial score (nSPS) is 11.7. The van der Waals surface area contributed by atoms with Gasteiger partial charge in [-0.2, -0.15) is 13.2 Å². The molecule has 0 aliphatic carbocycles. The molecule has 39 heavy (non-hydrogen) atoms. The Morgan fingerprint density at radius 3 is 2.36 bits per heavy atom. The number of furan rings is 1. The fourth-order valence-corrected chi connectivity index (χ4v) is 4.01. The second-order valence-electron chi connectivity index (χ2n) is 8.52. The lowest BCUT2D eigenvalue weighted by Gasteiger charge is -2.12. The summed E-state index contributed by atoms with van der Waals surface area (Å²) in [6, 6.07) is 12.2. The van der Waals surface area contributed by atoms with E-state index in [0.29, 0.717) is 5.56 Å². The summed E-state index contributed by atoms with van der Waals surface area (Å²) in [5, 5.41) is 4.73. The van der Waals surface area contributed by atoms with Crippen LogP contribution in [-0.2, 0) is 6.42 Å². The fraction of sp³-hybridized carbons (Fsp3) is 0.222. The summed E-state index contributed by atoms with van der Waals surface area (Å²) in [5.74, 6) is -1.86. The van der Waals surface area contributed by atoms with Gasteiger partial charge in [0, 0.05) is 30.2 Å². The summed E-state index contributed by atoms with van der Waals surface area (Å²) >= 11 is 0. The zero-order valence-corrected chi connectivity index (χ0v) is 20.3. The number of alkyl halides is 5. The third kappa shape index (κ3) is 6.39. The molecule has 0 fully saturated rings. The molecule has 0 radical (unpaired) electrons. The maximum absolute atomic E-state index is 13.5. The molecule has 0 unspecified atom stereocenters. The second kappa shape index (κ2) is 11.2. The van der Waals surface area contributed by atoms with E-state index in [-0.39, 0.29) is 44.8 Å². The van der Waals surface area contributed by atoms with Crippen molar-refractivity contribution < 1.29 is 40.3 Å². The molecule has 2 heterocycles. The van der Waals surface area contributed by atoms with Gasteiger partial charge in [0.15, 0.2) is 0 Å². The Hall–Kier alpha value is -4.35. The molecule has 2 N–H and O–H groups in total. The van der Waals surface area contributed by atoms with E-state index < -0.39 is 49.6 Å². The van der Waals surface area contributed by atoms with Crippen LogP contribution in [0.1, 0.15) is 32.8 Å². The molecule has 204 valence electrons. The molecule has 2 aromatic carbocycles. The maximum atomic E-state index is 13.5. The Morgan fingerprint density at radius 1 is 1.00 bits per heavy atom. The predicted octanol–water partition coefficient (Wildman–Crippen LogP) is 6.15. The number of hydrogen-bond acceptors (Lipinski definition) is 4. The van der Waals surface area contributed by atoms with Crippen LogP contribution in [-0.4, -0.2) is 43.0 Å². The summed E-state index contributed by atoms with van der Waals surface area (Å²) in [6.07, 6.45) is -9.02. The molecule has 2 aromatic heterocycles. The second-order valence-corrected chi connectivity index (χ2v) is 8.52. The van der Waals surface area contributed by atoms with E-state index >= 15 is 0 Å². The molecular formula is C27H21F6N3O3. The highest BCUT2D eigenvalue weighted by Crippen LogP contribution is 2.37. The number of hydrogen-bond donors (Lipinski definition) is 2. The monoisotopic (exact) mass is 549 g/mol. The van der Waals surface area contributed by atoms with Crippen molar-refractivity contribution >= 4 is 22.9 Å². The number of carbonyl (C=O) groups is 2. The smallest absolute Gasteiger partial charge is 0.389 e. The zero-order valence-electron chi connectivity index (χ0n) is 20.3. The van der Waals surface area contributed by atoms with Gasteiger partial charge in [0.25, 0.3) is 18.2 Å². The average molecular weight is 549 g/mol. The molecule has 2 amide bonds. The van der Waals surface area contributed by atoms with Crippen LogP contribution >= 0.6 is 0 Å². The van der Waals surface area contributed by atoms with Crippen molar-refractivity contribution in [3.05, 3.63) is 77.2 Å². The summed E-state index contributed by atoms with van der Waals surface area (Å²) in [7, 11) is 1.38. The van der Waals surface area contributed by atoms with E-state index in [2.05, 4.69) is 15.6 Å². The number of fused-ring (bicyclic) bond motifs is 1. The first-order valence-corrected chi connectivity index (χ1v) is 11.6. The minimum absolute atomic E-state index is 0.000683. The van der Waals surface area contributed by atoms with Crippen molar-refractivity contribution in [3.8, 4) is 22.5 Å². The van der Waals surface area contributed by atoms with Crippen LogP contribution in [0.25, 0.3) is 33.6 Å². The van der Waals surface area contributed by atoms with E-state index in [1.807, 2.05) is 0 Å². The topological polar surface area (TPSA) is 84.2 Å². The number of amides is 2. The van der Waals surface area contributed by atoms with Gasteiger partial charge in [0.05, 0.1) is 23.2 Å². The molecule has 0 aliphatic heterocycles. The van der Waals surface area contributed by atoms with E-state index in [0.717, 1.165) is 12.1 Å². The Morgan fingerprint density at radius 2 is 1.72 bits per heavy atom. The van der Waals surface area contributed by atoms with Gasteiger partial charge in [-0.1, -0.05) is 12.1 Å². The van der Waals surface area contributed by atoms with Crippen LogP contribution in [0.4, 0.5) is 26.3 Å². The van der Waals surface area contributed by atoms with Crippen molar-refractivity contribution in [2.45, 2.75) is 25.4 Å². The van der Waals surface area contributed by atoms with Crippen molar-refractivity contribution in [1.82, 2.24) is 15.6 Å². The lowest BCUT2D eigenvalue weighted by atomic mass is 9.96. The number of benzene rings is 2. The van der Waals surface area contributed by atoms with E-state index in [9.17, 15) is 35.9 Å². The molecule has 4 rings (SSSR count). The van der Waals surface area contributed by atoms with Gasteiger partial charge in [0.1, 0.15) is 11.6 Å². The third-order valence-corrected chi connectivity index (χ3v) is 5.82. The molecule has 12 heteroatoms. The summed E-state index contributed by atoms with van der Waals surface area (Å²) in [5.41, 5.74) is 0.698. The highest BCUT2D eigenvalue weighted by molar-refractivity contribution is 6.11. The Kier molecular flexibility index (Phi) is 7.93. The standard InChI is InChI=1S/C27H21F6N3O3/c1-34-25(38)22-19-12-18(15-3-2-4-16(11-15)24(37)35-13-21(29)30)20(9-10-27(31,32)33)36-26(19)39-23(22)14-5-7-17(28)8-6-14/h2-8,11-12,21H,9-10,13H2,1H3,(H,34,38)(H,35,37). The number of aryl methyl sites for hydroxylation is 1. The Labute approximate surface area is 218 Å². The highest BCUT2D eigenvalue weighted by Gasteiger charge is 2.29. The lowest BCUT2D eigenvalue weighted by Crippen LogP contribution is -2.28. The Balaban J connectivity index is 1.91. The van der Waals surface area contributed by atoms with Crippen LogP contribution in [0.3, 0.4) is 0 Å². The zero-order chi connectivity index (χ0) is 28.3. The number of halogens is 6. The predicted molar refractivity (Wildman–Crippen MR) is 131 cm³/mol. The van der Waals surface area contributed by atoms with E-state index in [1.165, 1.54) is 49.5 Å². The number of nitrogens with one attached hydrogen (secondary N) is 2. The average Bonchev–Trinajstić information content (AvgIpc) is 3.28. The molecular weight excluding hydrogens is 528 g/mol. The molecule has 0 bridgehead atoms. The van der Waals surface area contributed by atoms with Gasteiger partial charge in [-0.25, -0.2) is 18.2 Å². The largest absolute Gasteiger partial charge is 0.437 e. The summed E-state index contributed by atoms with van der Waals surface area (Å²) < 4.78 is 83.8. The minimum atomic E-state index is -4.50. The summed E-state index contributed by atoms with van der Waals surface area (Å²) in [6.45, 7) is -0.871. The molecule has 4 aromatic rings. The van der Waals surface area contributed by atoms with E-state index in [1.54, 1.807) is 0 Å². The van der Waals surface area contributed by atoms with Crippen molar-refractivity contribution in [2.24, 2.45) is 0 Å². The molecule has 0 saturated heterocycles. The van der Waals surface area contributed by atoms with Crippen molar-refractivity contribution in [1.29, 1.82) is 0 Å². The van der Waals surface area contributed by atoms with Crippen LogP contribution < -0.4 is 10.6 Å². The number of rotatable bonds is 8. The van der Waals surface area contributed by atoms with Gasteiger partial charge in [-0.05, 0) is 54.4 Å². The lowest BCUT2D eigenvalue weighted by molar-refractivity contribution is -0.134. The highest BCUT2D eigenvalue weighted by atomic mass is 19.4. The number of pyridine rings is 1. The SMILES string of the molecule is CNC(=O)c1c(-c2ccc(F)cc2)oc2nc(CCC(F)(F)F)c(-c3cccc(C(=O)NCC(F)F)c3)cc12. The van der Waals surface area contributed by atoms with Crippen LogP contribution in [0.2, 0.25) is 0 Å². The fourth-order valence-electron chi connectivity index (χ4n) is 4.01. The quantitative estimate of drug-likeness (QED) is 0.258. The van der Waals surface area contributed by atoms with Crippen molar-refractivity contribution in [3.63, 3.8) is 0 Å². The van der Waals surface area contributed by atoms with E-state index in [4.69, 9.17) is 4.42 Å². The molecule has 0 atom stereocenters. The first-order chi connectivity index (χ1) is 18.5. The maximum Gasteiger partial charge on any atom is 0.389 e. The molecule has 0 saturated carbocycles. The first kappa shape index (κ1) is 27.7. The number of nitrogens with zero attached hydrogens (tertiary/aromatic N) is 1. The van der Waals surface area contributed by atoms with Gasteiger partial charge in [-0.15, -0.1) is 0 Å². The van der Waals surface area contributed by atoms with Gasteiger partial charge in [-0.3, -0.25) is 9.59 Å².